The number of ether oxygens (including phenoxy) is 1. The molecule has 0 aliphatic carbocycles. The Bertz CT molecular complexity index is 674. The van der Waals surface area contributed by atoms with E-state index in [0.717, 1.165) is 17.2 Å². The Kier molecular flexibility index (Phi) is 4.37. The summed E-state index contributed by atoms with van der Waals surface area (Å²) < 4.78 is 18.4. The normalized spacial score (nSPS) is 10.2. The molecule has 1 N–H and O–H groups in total. The lowest BCUT2D eigenvalue weighted by Crippen LogP contribution is -2.04. The zero-order valence-electron chi connectivity index (χ0n) is 11.7. The Labute approximate surface area is 121 Å². The molecule has 0 fully saturated rings. The second kappa shape index (κ2) is 6.21. The molecule has 21 heavy (non-hydrogen) atoms. The average Bonchev–Trinajstić information content (AvgIpc) is 2.45. The van der Waals surface area contributed by atoms with Gasteiger partial charge in [0.1, 0.15) is 5.69 Å². The van der Waals surface area contributed by atoms with Crippen LogP contribution in [0.4, 0.5) is 15.8 Å². The molecule has 0 saturated carbocycles. The third-order valence-corrected chi connectivity index (χ3v) is 3.03. The number of nitro benzene ring substituents is 1. The number of nitrogens with zero attached hydrogens (tertiary/aromatic N) is 1. The Hall–Kier alpha value is -2.63. The van der Waals surface area contributed by atoms with E-state index in [0.29, 0.717) is 6.54 Å². The topological polar surface area (TPSA) is 64.4 Å². The van der Waals surface area contributed by atoms with E-state index >= 15 is 0 Å². The largest absolute Gasteiger partial charge is 0.494 e. The molecule has 0 aliphatic rings. The molecule has 5 nitrogen and oxygen atoms in total. The molecule has 6 heteroatoms. The predicted molar refractivity (Wildman–Crippen MR) is 78.1 cm³/mol. The lowest BCUT2D eigenvalue weighted by Gasteiger charge is -2.10. The van der Waals surface area contributed by atoms with Gasteiger partial charge in [0.25, 0.3) is 5.69 Å². The number of halogens is 1. The van der Waals surface area contributed by atoms with Crippen molar-refractivity contribution in [3.63, 3.8) is 0 Å². The van der Waals surface area contributed by atoms with Gasteiger partial charge >= 0.3 is 0 Å². The molecule has 0 heterocycles. The van der Waals surface area contributed by atoms with Gasteiger partial charge in [0.15, 0.2) is 11.6 Å². The van der Waals surface area contributed by atoms with Crippen molar-refractivity contribution >= 4 is 11.4 Å². The maximum atomic E-state index is 13.5. The molecule has 2 aromatic rings. The minimum Gasteiger partial charge on any atom is -0.494 e. The smallest absolute Gasteiger partial charge is 0.295 e. The first-order valence-corrected chi connectivity index (χ1v) is 6.32. The molecule has 0 amide bonds. The minimum atomic E-state index is -0.759. The fourth-order valence-electron chi connectivity index (χ4n) is 2.01. The third kappa shape index (κ3) is 3.47. The van der Waals surface area contributed by atoms with Gasteiger partial charge < -0.3 is 10.1 Å². The quantitative estimate of drug-likeness (QED) is 0.674. The molecule has 0 aromatic heterocycles. The molecule has 2 rings (SSSR count). The fourth-order valence-corrected chi connectivity index (χ4v) is 2.01. The molecule has 0 radical (unpaired) electrons. The van der Waals surface area contributed by atoms with Crippen LogP contribution in [0, 0.1) is 22.9 Å². The van der Waals surface area contributed by atoms with Crippen LogP contribution in [-0.4, -0.2) is 12.0 Å². The zero-order chi connectivity index (χ0) is 15.4. The first kappa shape index (κ1) is 14.8. The van der Waals surface area contributed by atoms with Gasteiger partial charge in [-0.2, -0.15) is 0 Å². The first-order chi connectivity index (χ1) is 10.0. The molecule has 0 bridgehead atoms. The summed E-state index contributed by atoms with van der Waals surface area (Å²) in [5.41, 5.74) is 1.98. The van der Waals surface area contributed by atoms with Crippen molar-refractivity contribution in [1.29, 1.82) is 0 Å². The molecule has 0 atom stereocenters. The summed E-state index contributed by atoms with van der Waals surface area (Å²) in [4.78, 5) is 10.4. The fraction of sp³-hybridized carbons (Fsp3) is 0.200. The van der Waals surface area contributed by atoms with Crippen LogP contribution in [0.15, 0.2) is 36.4 Å². The monoisotopic (exact) mass is 290 g/mol. The highest BCUT2D eigenvalue weighted by Gasteiger charge is 2.18. The maximum Gasteiger partial charge on any atom is 0.295 e. The Balaban J connectivity index is 2.27. The van der Waals surface area contributed by atoms with Crippen LogP contribution >= 0.6 is 0 Å². The summed E-state index contributed by atoms with van der Waals surface area (Å²) >= 11 is 0. The van der Waals surface area contributed by atoms with Gasteiger partial charge in [-0.15, -0.1) is 0 Å². The van der Waals surface area contributed by atoms with Crippen molar-refractivity contribution in [2.75, 3.05) is 12.4 Å². The van der Waals surface area contributed by atoms with Crippen molar-refractivity contribution in [1.82, 2.24) is 0 Å². The van der Waals surface area contributed by atoms with Crippen LogP contribution < -0.4 is 10.1 Å². The lowest BCUT2D eigenvalue weighted by atomic mass is 10.1. The highest BCUT2D eigenvalue weighted by atomic mass is 19.1. The third-order valence-electron chi connectivity index (χ3n) is 3.03. The Morgan fingerprint density at radius 1 is 1.33 bits per heavy atom. The van der Waals surface area contributed by atoms with Crippen LogP contribution in [-0.2, 0) is 6.54 Å². The van der Waals surface area contributed by atoms with Gasteiger partial charge in [-0.05, 0) is 12.5 Å². The van der Waals surface area contributed by atoms with Gasteiger partial charge in [-0.25, -0.2) is 4.39 Å². The molecular weight excluding hydrogens is 275 g/mol. The van der Waals surface area contributed by atoms with Crippen molar-refractivity contribution in [2.45, 2.75) is 13.5 Å². The van der Waals surface area contributed by atoms with Gasteiger partial charge in [-0.3, -0.25) is 10.1 Å². The highest BCUT2D eigenvalue weighted by molar-refractivity contribution is 5.64. The zero-order valence-corrected chi connectivity index (χ0v) is 11.7. The van der Waals surface area contributed by atoms with Crippen molar-refractivity contribution in [2.24, 2.45) is 0 Å². The number of methoxy groups -OCH3 is 1. The average molecular weight is 290 g/mol. The number of aryl methyl sites for hydroxylation is 1. The summed E-state index contributed by atoms with van der Waals surface area (Å²) in [6.07, 6.45) is 0. The van der Waals surface area contributed by atoms with Crippen LogP contribution in [0.25, 0.3) is 0 Å². The number of nitro groups is 1. The van der Waals surface area contributed by atoms with Crippen LogP contribution in [0.2, 0.25) is 0 Å². The SMILES string of the molecule is COc1cc(NCc2cccc(C)c2)c([N+](=O)[O-])cc1F. The molecule has 110 valence electrons. The van der Waals surface area contributed by atoms with Crippen molar-refractivity contribution in [3.8, 4) is 5.75 Å². The van der Waals surface area contributed by atoms with E-state index in [4.69, 9.17) is 4.74 Å². The van der Waals surface area contributed by atoms with E-state index in [1.807, 2.05) is 31.2 Å². The van der Waals surface area contributed by atoms with Crippen LogP contribution in [0.3, 0.4) is 0 Å². The highest BCUT2D eigenvalue weighted by Crippen LogP contribution is 2.32. The van der Waals surface area contributed by atoms with E-state index in [1.54, 1.807) is 0 Å². The standard InChI is InChI=1S/C15H15FN2O3/c1-10-4-3-5-11(6-10)9-17-13-8-15(21-2)12(16)7-14(13)18(19)20/h3-8,17H,9H2,1-2H3. The van der Waals surface area contributed by atoms with E-state index < -0.39 is 10.7 Å². The summed E-state index contributed by atoms with van der Waals surface area (Å²) in [6.45, 7) is 2.37. The molecule has 0 saturated heterocycles. The number of hydrogen-bond acceptors (Lipinski definition) is 4. The minimum absolute atomic E-state index is 0.0349. The van der Waals surface area contributed by atoms with E-state index in [2.05, 4.69) is 5.32 Å². The molecule has 0 aliphatic heterocycles. The van der Waals surface area contributed by atoms with E-state index in [1.165, 1.54) is 13.2 Å². The second-order valence-electron chi connectivity index (χ2n) is 4.60. The molecular formula is C15H15FN2O3. The predicted octanol–water partition coefficient (Wildman–Crippen LogP) is 3.66. The Morgan fingerprint density at radius 2 is 2.10 bits per heavy atom. The first-order valence-electron chi connectivity index (χ1n) is 6.32. The van der Waals surface area contributed by atoms with Gasteiger partial charge in [0, 0.05) is 12.6 Å². The summed E-state index contributed by atoms with van der Waals surface area (Å²) in [6, 6.07) is 9.91. The van der Waals surface area contributed by atoms with Gasteiger partial charge in [0.2, 0.25) is 0 Å². The van der Waals surface area contributed by atoms with Crippen molar-refractivity contribution in [3.05, 3.63) is 63.5 Å². The van der Waals surface area contributed by atoms with Gasteiger partial charge in [-0.1, -0.05) is 29.8 Å². The van der Waals surface area contributed by atoms with Gasteiger partial charge in [0.05, 0.1) is 18.1 Å². The Morgan fingerprint density at radius 3 is 2.71 bits per heavy atom. The maximum absolute atomic E-state index is 13.5. The molecule has 0 spiro atoms. The number of hydrogen-bond donors (Lipinski definition) is 1. The summed E-state index contributed by atoms with van der Waals surface area (Å²) in [5.74, 6) is -0.794. The van der Waals surface area contributed by atoms with E-state index in [-0.39, 0.29) is 17.1 Å². The van der Waals surface area contributed by atoms with Crippen LogP contribution in [0.5, 0.6) is 5.75 Å². The lowest BCUT2D eigenvalue weighted by molar-refractivity contribution is -0.384. The molecule has 0 unspecified atom stereocenters. The number of anilines is 1. The summed E-state index contributed by atoms with van der Waals surface area (Å²) in [7, 11) is 1.31. The second-order valence-corrected chi connectivity index (χ2v) is 4.60. The summed E-state index contributed by atoms with van der Waals surface area (Å²) in [5, 5.41) is 13.9. The number of nitrogens with one attached hydrogen (secondary N) is 1. The molecule has 2 aromatic carbocycles. The number of benzene rings is 2. The van der Waals surface area contributed by atoms with Crippen LogP contribution in [0.1, 0.15) is 11.1 Å². The van der Waals surface area contributed by atoms with E-state index in [9.17, 15) is 14.5 Å². The number of rotatable bonds is 5. The van der Waals surface area contributed by atoms with Crippen molar-refractivity contribution < 1.29 is 14.1 Å².